The number of sulfonamides is 1. The predicted octanol–water partition coefficient (Wildman–Crippen LogP) is 4.87. The third kappa shape index (κ3) is 5.21. The van der Waals surface area contributed by atoms with Gasteiger partial charge >= 0.3 is 0 Å². The van der Waals surface area contributed by atoms with Gasteiger partial charge in [-0.1, -0.05) is 68.4 Å². The molecule has 0 bridgehead atoms. The van der Waals surface area contributed by atoms with Crippen molar-refractivity contribution in [3.05, 3.63) is 95.1 Å². The average molecular weight is 437 g/mol. The van der Waals surface area contributed by atoms with Crippen LogP contribution in [0.5, 0.6) is 0 Å². The van der Waals surface area contributed by atoms with Crippen molar-refractivity contribution in [1.82, 2.24) is 4.31 Å². The highest BCUT2D eigenvalue weighted by molar-refractivity contribution is 7.89. The van der Waals surface area contributed by atoms with Crippen LogP contribution >= 0.6 is 0 Å². The number of benzene rings is 3. The van der Waals surface area contributed by atoms with Crippen LogP contribution in [0.2, 0.25) is 0 Å². The monoisotopic (exact) mass is 436 g/mol. The molecule has 3 aromatic rings. The molecule has 0 spiro atoms. The van der Waals surface area contributed by atoms with E-state index in [4.69, 9.17) is 0 Å². The van der Waals surface area contributed by atoms with Gasteiger partial charge in [0.15, 0.2) is 0 Å². The van der Waals surface area contributed by atoms with Gasteiger partial charge < -0.3 is 5.32 Å². The lowest BCUT2D eigenvalue weighted by Gasteiger charge is -2.20. The Morgan fingerprint density at radius 3 is 2.23 bits per heavy atom. The van der Waals surface area contributed by atoms with Crippen molar-refractivity contribution < 1.29 is 13.2 Å². The van der Waals surface area contributed by atoms with Gasteiger partial charge in [0.05, 0.1) is 4.90 Å². The molecule has 0 unspecified atom stereocenters. The van der Waals surface area contributed by atoms with Gasteiger partial charge in [-0.3, -0.25) is 4.79 Å². The summed E-state index contributed by atoms with van der Waals surface area (Å²) in [5, 5.41) is 2.96. The number of para-hydroxylation sites is 1. The lowest BCUT2D eigenvalue weighted by atomic mass is 10.0. The van der Waals surface area contributed by atoms with Crippen molar-refractivity contribution >= 4 is 21.6 Å². The number of hydrogen-bond acceptors (Lipinski definition) is 3. The maximum Gasteiger partial charge on any atom is 0.255 e. The van der Waals surface area contributed by atoms with Crippen LogP contribution in [0.3, 0.4) is 0 Å². The van der Waals surface area contributed by atoms with Crippen molar-refractivity contribution in [2.24, 2.45) is 0 Å². The Morgan fingerprint density at radius 1 is 0.903 bits per heavy atom. The summed E-state index contributed by atoms with van der Waals surface area (Å²) in [6.07, 6.45) is 0.687. The summed E-state index contributed by atoms with van der Waals surface area (Å²) in [4.78, 5) is 13.2. The van der Waals surface area contributed by atoms with Gasteiger partial charge in [-0.15, -0.1) is 0 Å². The van der Waals surface area contributed by atoms with E-state index in [9.17, 15) is 13.2 Å². The molecule has 0 aliphatic heterocycles. The van der Waals surface area contributed by atoms with Crippen molar-refractivity contribution in [3.63, 3.8) is 0 Å². The number of nitrogens with zero attached hydrogens (tertiary/aromatic N) is 1. The molecule has 0 aromatic heterocycles. The molecule has 162 valence electrons. The second-order valence-electron chi connectivity index (χ2n) is 7.34. The molecule has 1 N–H and O–H groups in total. The highest BCUT2D eigenvalue weighted by Crippen LogP contribution is 2.24. The first-order valence-corrected chi connectivity index (χ1v) is 11.8. The lowest BCUT2D eigenvalue weighted by molar-refractivity contribution is 0.102. The number of nitrogens with one attached hydrogen (secondary N) is 1. The minimum absolute atomic E-state index is 0.168. The molecule has 0 aliphatic rings. The summed E-state index contributed by atoms with van der Waals surface area (Å²) in [5.74, 6) is -0.337. The predicted molar refractivity (Wildman–Crippen MR) is 125 cm³/mol. The zero-order valence-corrected chi connectivity index (χ0v) is 18.9. The van der Waals surface area contributed by atoms with E-state index in [2.05, 4.69) is 5.32 Å². The second-order valence-corrected chi connectivity index (χ2v) is 9.25. The Balaban J connectivity index is 1.89. The van der Waals surface area contributed by atoms with E-state index < -0.39 is 10.0 Å². The molecule has 0 aliphatic carbocycles. The molecular weight excluding hydrogens is 408 g/mol. The highest BCUT2D eigenvalue weighted by atomic mass is 32.2. The van der Waals surface area contributed by atoms with E-state index in [1.54, 1.807) is 32.9 Å². The van der Waals surface area contributed by atoms with Gasteiger partial charge in [-0.25, -0.2) is 8.42 Å². The van der Waals surface area contributed by atoms with Gasteiger partial charge in [-0.05, 0) is 48.2 Å². The Morgan fingerprint density at radius 2 is 1.55 bits per heavy atom. The third-order valence-electron chi connectivity index (χ3n) is 5.28. The third-order valence-corrected chi connectivity index (χ3v) is 7.47. The number of rotatable bonds is 8. The zero-order chi connectivity index (χ0) is 22.4. The maximum atomic E-state index is 13.0. The summed E-state index contributed by atoms with van der Waals surface area (Å²) in [6.45, 7) is 6.10. The van der Waals surface area contributed by atoms with Crippen LogP contribution in [0.15, 0.2) is 77.7 Å². The summed E-state index contributed by atoms with van der Waals surface area (Å²) in [6, 6.07) is 22.5. The molecule has 0 saturated carbocycles. The first-order valence-electron chi connectivity index (χ1n) is 10.4. The van der Waals surface area contributed by atoms with Crippen molar-refractivity contribution in [1.29, 1.82) is 0 Å². The van der Waals surface area contributed by atoms with Gasteiger partial charge in [-0.2, -0.15) is 4.31 Å². The Bertz CT molecular complexity index is 1150. The fourth-order valence-electron chi connectivity index (χ4n) is 3.53. The van der Waals surface area contributed by atoms with E-state index in [-0.39, 0.29) is 10.8 Å². The summed E-state index contributed by atoms with van der Waals surface area (Å²) < 4.78 is 27.4. The molecule has 5 nitrogen and oxygen atoms in total. The van der Waals surface area contributed by atoms with Gasteiger partial charge in [0.25, 0.3) is 5.91 Å². The fraction of sp³-hybridized carbons (Fsp3) is 0.240. The lowest BCUT2D eigenvalue weighted by Crippen LogP contribution is -2.31. The van der Waals surface area contributed by atoms with Crippen LogP contribution in [0.4, 0.5) is 5.69 Å². The van der Waals surface area contributed by atoms with Crippen LogP contribution in [-0.2, 0) is 16.4 Å². The van der Waals surface area contributed by atoms with Crippen molar-refractivity contribution in [2.45, 2.75) is 32.1 Å². The standard InChI is InChI=1S/C25H28N2O3S/c1-4-27(5-2)31(29,30)24-18-22(16-15-19(24)3)25(28)26-23-14-10-9-13-21(23)17-20-11-7-6-8-12-20/h6-16,18H,4-5,17H2,1-3H3,(H,26,28). The van der Waals surface area contributed by atoms with E-state index >= 15 is 0 Å². The molecule has 0 atom stereocenters. The molecule has 6 heteroatoms. The fourth-order valence-corrected chi connectivity index (χ4v) is 5.24. The SMILES string of the molecule is CCN(CC)S(=O)(=O)c1cc(C(=O)Nc2ccccc2Cc2ccccc2)ccc1C. The Kier molecular flexibility index (Phi) is 7.25. The number of carbonyl (C=O) groups excluding carboxylic acids is 1. The number of anilines is 1. The molecule has 0 radical (unpaired) electrons. The highest BCUT2D eigenvalue weighted by Gasteiger charge is 2.24. The largest absolute Gasteiger partial charge is 0.322 e. The summed E-state index contributed by atoms with van der Waals surface area (Å²) >= 11 is 0. The van der Waals surface area contributed by atoms with Crippen LogP contribution in [0.25, 0.3) is 0 Å². The molecule has 1 amide bonds. The average Bonchev–Trinajstić information content (AvgIpc) is 2.76. The normalized spacial score (nSPS) is 11.5. The van der Waals surface area contributed by atoms with E-state index in [0.717, 1.165) is 11.1 Å². The van der Waals surface area contributed by atoms with Crippen molar-refractivity contribution in [3.8, 4) is 0 Å². The minimum Gasteiger partial charge on any atom is -0.322 e. The Hall–Kier alpha value is -2.96. The quantitative estimate of drug-likeness (QED) is 0.548. The molecule has 3 rings (SSSR count). The first-order chi connectivity index (χ1) is 14.9. The summed E-state index contributed by atoms with van der Waals surface area (Å²) in [7, 11) is -3.66. The van der Waals surface area contributed by atoms with Gasteiger partial charge in [0, 0.05) is 24.3 Å². The first kappa shape index (κ1) is 22.7. The summed E-state index contributed by atoms with van der Waals surface area (Å²) in [5.41, 5.74) is 3.78. The van der Waals surface area contributed by atoms with Gasteiger partial charge in [0.2, 0.25) is 10.0 Å². The van der Waals surface area contributed by atoms with Gasteiger partial charge in [0.1, 0.15) is 0 Å². The minimum atomic E-state index is -3.66. The topological polar surface area (TPSA) is 66.5 Å². The van der Waals surface area contributed by atoms with E-state index in [0.29, 0.717) is 36.3 Å². The zero-order valence-electron chi connectivity index (χ0n) is 18.1. The van der Waals surface area contributed by atoms with Crippen LogP contribution in [0.1, 0.15) is 40.9 Å². The number of hydrogen-bond donors (Lipinski definition) is 1. The smallest absolute Gasteiger partial charge is 0.255 e. The molecule has 0 saturated heterocycles. The van der Waals surface area contributed by atoms with Crippen molar-refractivity contribution in [2.75, 3.05) is 18.4 Å². The van der Waals surface area contributed by atoms with Crippen LogP contribution < -0.4 is 5.32 Å². The van der Waals surface area contributed by atoms with Crippen LogP contribution in [-0.4, -0.2) is 31.7 Å². The van der Waals surface area contributed by atoms with E-state index in [1.165, 1.54) is 10.4 Å². The molecule has 0 heterocycles. The molecule has 0 fully saturated rings. The number of amides is 1. The maximum absolute atomic E-state index is 13.0. The number of aryl methyl sites for hydroxylation is 1. The van der Waals surface area contributed by atoms with E-state index in [1.807, 2.05) is 54.6 Å². The molecule has 31 heavy (non-hydrogen) atoms. The molecule has 3 aromatic carbocycles. The second kappa shape index (κ2) is 9.90. The van der Waals surface area contributed by atoms with Crippen LogP contribution in [0, 0.1) is 6.92 Å². The Labute approximate surface area is 184 Å². The molecular formula is C25H28N2O3S. The number of carbonyl (C=O) groups is 1.